The quantitative estimate of drug-likeness (QED) is 0.595. The topological polar surface area (TPSA) is 69.0 Å². The number of nitrogens with one attached hydrogen (secondary N) is 1. The molecule has 2 aromatic carbocycles. The highest BCUT2D eigenvalue weighted by molar-refractivity contribution is 9.10. The van der Waals surface area contributed by atoms with E-state index in [0.717, 1.165) is 21.3 Å². The van der Waals surface area contributed by atoms with Crippen LogP contribution < -0.4 is 10.1 Å². The summed E-state index contributed by atoms with van der Waals surface area (Å²) < 4.78 is 6.12. The van der Waals surface area contributed by atoms with Gasteiger partial charge in [-0.2, -0.15) is 15.0 Å². The number of rotatable bonds is 8. The highest BCUT2D eigenvalue weighted by Gasteiger charge is 2.16. The molecule has 0 radical (unpaired) electrons. The third kappa shape index (κ3) is 5.40. The van der Waals surface area contributed by atoms with E-state index in [1.54, 1.807) is 24.3 Å². The number of hydrogen-bond donors (Lipinski definition) is 1. The zero-order valence-corrected chi connectivity index (χ0v) is 16.6. The fourth-order valence-corrected chi connectivity index (χ4v) is 3.40. The lowest BCUT2D eigenvalue weighted by Crippen LogP contribution is -2.32. The van der Waals surface area contributed by atoms with Crippen LogP contribution in [-0.4, -0.2) is 28.0 Å². The molecule has 6 nitrogen and oxygen atoms in total. The smallest absolute Gasteiger partial charge is 0.220 e. The van der Waals surface area contributed by atoms with Gasteiger partial charge in [0.2, 0.25) is 5.91 Å². The maximum Gasteiger partial charge on any atom is 0.220 e. The molecule has 3 aromatic rings. The maximum absolute atomic E-state index is 12.5. The second kappa shape index (κ2) is 9.32. The predicted molar refractivity (Wildman–Crippen MR) is 106 cm³/mol. The van der Waals surface area contributed by atoms with Crippen LogP contribution in [-0.2, 0) is 17.8 Å². The molecule has 0 bridgehead atoms. The van der Waals surface area contributed by atoms with Crippen molar-refractivity contribution >= 4 is 21.8 Å². The predicted octanol–water partition coefficient (Wildman–Crippen LogP) is 3.54. The van der Waals surface area contributed by atoms with E-state index in [4.69, 9.17) is 4.74 Å². The van der Waals surface area contributed by atoms with E-state index in [0.29, 0.717) is 19.4 Å². The molecule has 1 unspecified atom stereocenters. The Morgan fingerprint density at radius 3 is 2.59 bits per heavy atom. The van der Waals surface area contributed by atoms with Gasteiger partial charge < -0.3 is 10.1 Å². The van der Waals surface area contributed by atoms with Crippen molar-refractivity contribution in [1.82, 2.24) is 20.3 Å². The largest absolute Gasteiger partial charge is 0.496 e. The Bertz CT molecular complexity index is 869. The van der Waals surface area contributed by atoms with Crippen molar-refractivity contribution < 1.29 is 9.53 Å². The summed E-state index contributed by atoms with van der Waals surface area (Å²) in [6.07, 6.45) is 4.31. The van der Waals surface area contributed by atoms with Gasteiger partial charge in [0.25, 0.3) is 0 Å². The van der Waals surface area contributed by atoms with Gasteiger partial charge in [0, 0.05) is 6.42 Å². The fourth-order valence-electron chi connectivity index (χ4n) is 2.81. The van der Waals surface area contributed by atoms with E-state index < -0.39 is 0 Å². The summed E-state index contributed by atoms with van der Waals surface area (Å²) in [5.41, 5.74) is 2.10. The van der Waals surface area contributed by atoms with E-state index >= 15 is 0 Å². The number of aromatic nitrogens is 3. The molecule has 3 rings (SSSR count). The normalized spacial score (nSPS) is 11.8. The van der Waals surface area contributed by atoms with E-state index in [9.17, 15) is 4.79 Å². The SMILES string of the molecule is COc1ccc(CCC(=O)NC(Cn2nccn2)c2ccccc2)cc1Br. The first-order valence-electron chi connectivity index (χ1n) is 8.66. The molecule has 1 heterocycles. The summed E-state index contributed by atoms with van der Waals surface area (Å²) in [4.78, 5) is 14.1. The summed E-state index contributed by atoms with van der Waals surface area (Å²) in [5, 5.41) is 11.4. The summed E-state index contributed by atoms with van der Waals surface area (Å²) in [6, 6.07) is 15.5. The van der Waals surface area contributed by atoms with Crippen LogP contribution in [0.15, 0.2) is 65.4 Å². The minimum absolute atomic E-state index is 0.0112. The van der Waals surface area contributed by atoms with Crippen LogP contribution in [0.2, 0.25) is 0 Å². The Labute approximate surface area is 166 Å². The number of amides is 1. The Kier molecular flexibility index (Phi) is 6.59. The van der Waals surface area contributed by atoms with Crippen molar-refractivity contribution in [3.8, 4) is 5.75 Å². The first-order valence-corrected chi connectivity index (χ1v) is 9.46. The summed E-state index contributed by atoms with van der Waals surface area (Å²) in [7, 11) is 1.63. The van der Waals surface area contributed by atoms with E-state index in [1.165, 1.54) is 0 Å². The average molecular weight is 429 g/mol. The highest BCUT2D eigenvalue weighted by Crippen LogP contribution is 2.26. The molecule has 1 atom stereocenters. The molecule has 7 heteroatoms. The van der Waals surface area contributed by atoms with Gasteiger partial charge in [0.1, 0.15) is 5.75 Å². The van der Waals surface area contributed by atoms with Crippen LogP contribution in [0, 0.1) is 0 Å². The minimum Gasteiger partial charge on any atom is -0.496 e. The fraction of sp³-hybridized carbons (Fsp3) is 0.250. The lowest BCUT2D eigenvalue weighted by Gasteiger charge is -2.19. The average Bonchev–Trinajstić information content (AvgIpc) is 3.20. The minimum atomic E-state index is -0.186. The third-order valence-electron chi connectivity index (χ3n) is 4.21. The van der Waals surface area contributed by atoms with Crippen molar-refractivity contribution in [1.29, 1.82) is 0 Å². The van der Waals surface area contributed by atoms with Crippen LogP contribution in [0.4, 0.5) is 0 Å². The Hall–Kier alpha value is -2.67. The zero-order chi connectivity index (χ0) is 19.1. The molecular weight excluding hydrogens is 408 g/mol. The van der Waals surface area contributed by atoms with Crippen molar-refractivity contribution in [2.75, 3.05) is 7.11 Å². The van der Waals surface area contributed by atoms with Crippen LogP contribution in [0.25, 0.3) is 0 Å². The number of aryl methyl sites for hydroxylation is 1. The van der Waals surface area contributed by atoms with Gasteiger partial charge in [-0.1, -0.05) is 36.4 Å². The first-order chi connectivity index (χ1) is 13.2. The molecule has 0 aliphatic carbocycles. The molecule has 27 heavy (non-hydrogen) atoms. The van der Waals surface area contributed by atoms with Gasteiger partial charge in [-0.05, 0) is 45.6 Å². The number of benzene rings is 2. The van der Waals surface area contributed by atoms with Crippen molar-refractivity contribution in [2.24, 2.45) is 0 Å². The van der Waals surface area contributed by atoms with E-state index in [1.807, 2.05) is 48.5 Å². The van der Waals surface area contributed by atoms with Crippen molar-refractivity contribution in [3.63, 3.8) is 0 Å². The zero-order valence-electron chi connectivity index (χ0n) is 15.0. The summed E-state index contributed by atoms with van der Waals surface area (Å²) in [6.45, 7) is 0.483. The molecule has 1 amide bonds. The van der Waals surface area contributed by atoms with E-state index in [-0.39, 0.29) is 11.9 Å². The first kappa shape index (κ1) is 19.1. The second-order valence-corrected chi connectivity index (χ2v) is 6.94. The lowest BCUT2D eigenvalue weighted by atomic mass is 10.1. The number of ether oxygens (including phenoxy) is 1. The van der Waals surface area contributed by atoms with Crippen molar-refractivity contribution in [3.05, 3.63) is 76.5 Å². The standard InChI is InChI=1S/C20H21BrN4O2/c1-27-19-9-7-15(13-17(19)21)8-10-20(26)24-18(14-25-22-11-12-23-25)16-5-3-2-4-6-16/h2-7,9,11-13,18H,8,10,14H2,1H3,(H,24,26). The van der Waals surface area contributed by atoms with Gasteiger partial charge in [-0.15, -0.1) is 0 Å². The van der Waals surface area contributed by atoms with Crippen LogP contribution in [0.3, 0.4) is 0 Å². The van der Waals surface area contributed by atoms with Crippen LogP contribution in [0.5, 0.6) is 5.75 Å². The Morgan fingerprint density at radius 2 is 1.93 bits per heavy atom. The third-order valence-corrected chi connectivity index (χ3v) is 4.83. The molecule has 0 saturated heterocycles. The molecule has 0 aliphatic rings. The molecule has 0 aliphatic heterocycles. The Morgan fingerprint density at radius 1 is 1.19 bits per heavy atom. The Balaban J connectivity index is 1.63. The molecular formula is C20H21BrN4O2. The van der Waals surface area contributed by atoms with Gasteiger partial charge in [0.15, 0.2) is 0 Å². The number of carbonyl (C=O) groups excluding carboxylic acids is 1. The van der Waals surface area contributed by atoms with Crippen molar-refractivity contribution in [2.45, 2.75) is 25.4 Å². The second-order valence-electron chi connectivity index (χ2n) is 6.08. The number of methoxy groups -OCH3 is 1. The maximum atomic E-state index is 12.5. The molecule has 1 N–H and O–H groups in total. The van der Waals surface area contributed by atoms with Crippen LogP contribution in [0.1, 0.15) is 23.6 Å². The molecule has 0 spiro atoms. The molecule has 0 saturated carbocycles. The summed E-state index contributed by atoms with van der Waals surface area (Å²) >= 11 is 3.48. The van der Waals surface area contributed by atoms with Gasteiger partial charge in [-0.25, -0.2) is 0 Å². The van der Waals surface area contributed by atoms with Gasteiger partial charge in [0.05, 0.1) is 36.6 Å². The number of nitrogens with zero attached hydrogens (tertiary/aromatic N) is 3. The molecule has 1 aromatic heterocycles. The molecule has 0 fully saturated rings. The van der Waals surface area contributed by atoms with Gasteiger partial charge >= 0.3 is 0 Å². The molecule has 140 valence electrons. The summed E-state index contributed by atoms with van der Waals surface area (Å²) in [5.74, 6) is 0.766. The van der Waals surface area contributed by atoms with Crippen LogP contribution >= 0.6 is 15.9 Å². The van der Waals surface area contributed by atoms with E-state index in [2.05, 4.69) is 31.4 Å². The monoisotopic (exact) mass is 428 g/mol. The lowest BCUT2D eigenvalue weighted by molar-refractivity contribution is -0.121. The number of hydrogen-bond acceptors (Lipinski definition) is 4. The number of halogens is 1. The number of carbonyl (C=O) groups is 1. The van der Waals surface area contributed by atoms with Gasteiger partial charge in [-0.3, -0.25) is 4.79 Å². The highest BCUT2D eigenvalue weighted by atomic mass is 79.9.